The Morgan fingerprint density at radius 3 is 3.05 bits per heavy atom. The zero-order valence-electron chi connectivity index (χ0n) is 11.9. The highest BCUT2D eigenvalue weighted by Crippen LogP contribution is 2.22. The number of amides is 1. The largest absolute Gasteiger partial charge is 0.355 e. The third kappa shape index (κ3) is 4.74. The van der Waals surface area contributed by atoms with Crippen LogP contribution in [0.1, 0.15) is 23.3 Å². The van der Waals surface area contributed by atoms with E-state index in [1.54, 1.807) is 0 Å². The van der Waals surface area contributed by atoms with Crippen LogP contribution in [0.15, 0.2) is 11.4 Å². The predicted octanol–water partition coefficient (Wildman–Crippen LogP) is 1.77. The maximum atomic E-state index is 12.0. The van der Waals surface area contributed by atoms with Gasteiger partial charge in [0.2, 0.25) is 5.91 Å². The van der Waals surface area contributed by atoms with Gasteiger partial charge in [-0.15, -0.1) is 23.7 Å². The molecule has 0 spiro atoms. The number of nitrogens with zero attached hydrogens (tertiary/aromatic N) is 1. The van der Waals surface area contributed by atoms with Crippen LogP contribution in [-0.2, 0) is 11.3 Å². The van der Waals surface area contributed by atoms with E-state index in [1.165, 1.54) is 10.4 Å². The Balaban J connectivity index is 0.00000200. The zero-order valence-corrected chi connectivity index (χ0v) is 13.6. The number of aryl methyl sites for hydroxylation is 1. The van der Waals surface area contributed by atoms with E-state index in [4.69, 9.17) is 5.73 Å². The highest BCUT2D eigenvalue weighted by atomic mass is 35.5. The van der Waals surface area contributed by atoms with E-state index in [1.807, 2.05) is 11.3 Å². The second-order valence-corrected chi connectivity index (χ2v) is 6.18. The van der Waals surface area contributed by atoms with Gasteiger partial charge in [0.25, 0.3) is 0 Å². The summed E-state index contributed by atoms with van der Waals surface area (Å²) in [6.07, 6.45) is 2.10. The lowest BCUT2D eigenvalue weighted by molar-refractivity contribution is -0.126. The van der Waals surface area contributed by atoms with E-state index >= 15 is 0 Å². The number of nitrogens with one attached hydrogen (secondary N) is 1. The van der Waals surface area contributed by atoms with Crippen molar-refractivity contribution in [3.05, 3.63) is 21.9 Å². The first kappa shape index (κ1) is 17.4. The molecule has 2 rings (SSSR count). The van der Waals surface area contributed by atoms with Crippen LogP contribution in [0.25, 0.3) is 0 Å². The SMILES string of the molecule is Cc1ccsc1CN1CCCC(C(=O)NCCN)C1.Cl. The lowest BCUT2D eigenvalue weighted by Crippen LogP contribution is -2.43. The van der Waals surface area contributed by atoms with Crippen LogP contribution in [0, 0.1) is 12.8 Å². The number of likely N-dealkylation sites (tertiary alicyclic amines) is 1. The monoisotopic (exact) mass is 317 g/mol. The minimum atomic E-state index is 0. The van der Waals surface area contributed by atoms with Gasteiger partial charge >= 0.3 is 0 Å². The van der Waals surface area contributed by atoms with E-state index in [0.717, 1.165) is 32.5 Å². The zero-order chi connectivity index (χ0) is 13.7. The molecule has 0 saturated carbocycles. The number of halogens is 1. The summed E-state index contributed by atoms with van der Waals surface area (Å²) in [6, 6.07) is 2.16. The Morgan fingerprint density at radius 1 is 1.60 bits per heavy atom. The topological polar surface area (TPSA) is 58.4 Å². The molecule has 20 heavy (non-hydrogen) atoms. The summed E-state index contributed by atoms with van der Waals surface area (Å²) in [5.41, 5.74) is 6.78. The summed E-state index contributed by atoms with van der Waals surface area (Å²) in [5, 5.41) is 5.04. The second kappa shape index (κ2) is 8.62. The first-order valence-electron chi connectivity index (χ1n) is 6.94. The number of nitrogens with two attached hydrogens (primary N) is 1. The van der Waals surface area contributed by atoms with Crippen LogP contribution in [0.5, 0.6) is 0 Å². The number of rotatable bonds is 5. The number of thiophene rings is 1. The molecule has 1 aliphatic rings. The molecule has 0 bridgehead atoms. The summed E-state index contributed by atoms with van der Waals surface area (Å²) in [4.78, 5) is 15.8. The summed E-state index contributed by atoms with van der Waals surface area (Å²) in [7, 11) is 0. The Kier molecular flexibility index (Phi) is 7.51. The van der Waals surface area contributed by atoms with Crippen molar-refractivity contribution < 1.29 is 4.79 Å². The lowest BCUT2D eigenvalue weighted by Gasteiger charge is -2.31. The van der Waals surface area contributed by atoms with Crippen molar-refractivity contribution in [2.45, 2.75) is 26.3 Å². The fourth-order valence-electron chi connectivity index (χ4n) is 2.52. The molecular formula is C14H24ClN3OS. The smallest absolute Gasteiger partial charge is 0.224 e. The van der Waals surface area contributed by atoms with Gasteiger partial charge in [-0.3, -0.25) is 9.69 Å². The van der Waals surface area contributed by atoms with Crippen molar-refractivity contribution in [1.29, 1.82) is 0 Å². The van der Waals surface area contributed by atoms with Crippen LogP contribution in [-0.4, -0.2) is 37.0 Å². The molecule has 1 fully saturated rings. The van der Waals surface area contributed by atoms with Gasteiger partial charge in [-0.25, -0.2) is 0 Å². The standard InChI is InChI=1S/C14H23N3OS.ClH/c1-11-4-8-19-13(11)10-17-7-2-3-12(9-17)14(18)16-6-5-15;/h4,8,12H,2-3,5-7,9-10,15H2,1H3,(H,16,18);1H. The van der Waals surface area contributed by atoms with Crippen molar-refractivity contribution in [2.75, 3.05) is 26.2 Å². The second-order valence-electron chi connectivity index (χ2n) is 5.18. The first-order valence-corrected chi connectivity index (χ1v) is 7.81. The average Bonchev–Trinajstić information content (AvgIpc) is 2.82. The third-order valence-corrected chi connectivity index (χ3v) is 4.66. The molecule has 3 N–H and O–H groups in total. The first-order chi connectivity index (χ1) is 9.20. The van der Waals surface area contributed by atoms with Crippen LogP contribution in [0.4, 0.5) is 0 Å². The maximum Gasteiger partial charge on any atom is 0.224 e. The van der Waals surface area contributed by atoms with Gasteiger partial charge in [0, 0.05) is 31.1 Å². The molecule has 4 nitrogen and oxygen atoms in total. The van der Waals surface area contributed by atoms with Crippen molar-refractivity contribution in [3.8, 4) is 0 Å². The molecule has 1 saturated heterocycles. The van der Waals surface area contributed by atoms with Gasteiger partial charge in [0.15, 0.2) is 0 Å². The van der Waals surface area contributed by atoms with Crippen molar-refractivity contribution in [2.24, 2.45) is 11.7 Å². The molecule has 0 aromatic carbocycles. The van der Waals surface area contributed by atoms with Crippen LogP contribution < -0.4 is 11.1 Å². The third-order valence-electron chi connectivity index (χ3n) is 3.66. The average molecular weight is 318 g/mol. The van der Waals surface area contributed by atoms with E-state index in [0.29, 0.717) is 13.1 Å². The van der Waals surface area contributed by atoms with Gasteiger partial charge in [0.1, 0.15) is 0 Å². The van der Waals surface area contributed by atoms with Crippen LogP contribution in [0.2, 0.25) is 0 Å². The highest BCUT2D eigenvalue weighted by molar-refractivity contribution is 7.10. The van der Waals surface area contributed by atoms with E-state index in [2.05, 4.69) is 28.6 Å². The van der Waals surface area contributed by atoms with E-state index < -0.39 is 0 Å². The van der Waals surface area contributed by atoms with Gasteiger partial charge in [-0.1, -0.05) is 0 Å². The lowest BCUT2D eigenvalue weighted by atomic mass is 9.97. The van der Waals surface area contributed by atoms with E-state index in [9.17, 15) is 4.79 Å². The minimum Gasteiger partial charge on any atom is -0.355 e. The number of carbonyl (C=O) groups is 1. The molecule has 1 aliphatic heterocycles. The Hall–Kier alpha value is -0.620. The summed E-state index contributed by atoms with van der Waals surface area (Å²) in [6.45, 7) is 6.19. The summed E-state index contributed by atoms with van der Waals surface area (Å²) < 4.78 is 0. The van der Waals surface area contributed by atoms with Crippen molar-refractivity contribution in [3.63, 3.8) is 0 Å². The number of carbonyl (C=O) groups excluding carboxylic acids is 1. The molecule has 1 amide bonds. The molecule has 0 radical (unpaired) electrons. The number of hydrogen-bond donors (Lipinski definition) is 2. The van der Waals surface area contributed by atoms with Crippen LogP contribution in [0.3, 0.4) is 0 Å². The van der Waals surface area contributed by atoms with Gasteiger partial charge in [-0.05, 0) is 43.3 Å². The Morgan fingerprint density at radius 2 is 2.40 bits per heavy atom. The molecular weight excluding hydrogens is 294 g/mol. The number of hydrogen-bond acceptors (Lipinski definition) is 4. The van der Waals surface area contributed by atoms with Gasteiger partial charge in [-0.2, -0.15) is 0 Å². The molecule has 1 aromatic rings. The normalized spacial score (nSPS) is 19.4. The van der Waals surface area contributed by atoms with Crippen molar-refractivity contribution >= 4 is 29.7 Å². The molecule has 1 unspecified atom stereocenters. The summed E-state index contributed by atoms with van der Waals surface area (Å²) >= 11 is 1.81. The summed E-state index contributed by atoms with van der Waals surface area (Å²) in [5.74, 6) is 0.290. The van der Waals surface area contributed by atoms with Gasteiger partial charge in [0.05, 0.1) is 5.92 Å². The molecule has 1 atom stereocenters. The van der Waals surface area contributed by atoms with E-state index in [-0.39, 0.29) is 24.2 Å². The van der Waals surface area contributed by atoms with Crippen molar-refractivity contribution in [1.82, 2.24) is 10.2 Å². The van der Waals surface area contributed by atoms with Gasteiger partial charge < -0.3 is 11.1 Å². The Bertz CT molecular complexity index is 424. The molecule has 6 heteroatoms. The number of piperidine rings is 1. The molecule has 0 aliphatic carbocycles. The molecule has 2 heterocycles. The maximum absolute atomic E-state index is 12.0. The minimum absolute atomic E-state index is 0. The fraction of sp³-hybridized carbons (Fsp3) is 0.643. The fourth-order valence-corrected chi connectivity index (χ4v) is 3.47. The molecule has 1 aromatic heterocycles. The molecule has 114 valence electrons. The van der Waals surface area contributed by atoms with Crippen LogP contribution >= 0.6 is 23.7 Å². The quantitative estimate of drug-likeness (QED) is 0.870. The highest BCUT2D eigenvalue weighted by Gasteiger charge is 2.25. The Labute approximate surface area is 131 Å². The predicted molar refractivity (Wildman–Crippen MR) is 86.4 cm³/mol.